The van der Waals surface area contributed by atoms with Gasteiger partial charge in [0.2, 0.25) is 0 Å². The van der Waals surface area contributed by atoms with Crippen molar-refractivity contribution in [2.45, 2.75) is 19.0 Å². The molecule has 0 spiro atoms. The van der Waals surface area contributed by atoms with E-state index in [0.717, 1.165) is 0 Å². The molecule has 0 aliphatic carbocycles. The van der Waals surface area contributed by atoms with Gasteiger partial charge in [-0.2, -0.15) is 0 Å². The number of aliphatic hydroxyl groups excluding tert-OH is 1. The van der Waals surface area contributed by atoms with Crippen molar-refractivity contribution in [2.75, 3.05) is 38.3 Å². The number of carbonyl (C=O) groups excluding carboxylic acids is 1. The first-order valence-corrected chi connectivity index (χ1v) is 9.20. The molecule has 8 heteroatoms. The van der Waals surface area contributed by atoms with Crippen LogP contribution in [0, 0.1) is 5.82 Å². The van der Waals surface area contributed by atoms with Crippen LogP contribution in [-0.4, -0.2) is 60.3 Å². The van der Waals surface area contributed by atoms with Crippen molar-refractivity contribution in [2.24, 2.45) is 5.73 Å². The SMILES string of the molecule is COc1ccc(CN2CCN(c3ncccc3C(N)=O)C[C@H]2CCO)c(F)c1. The van der Waals surface area contributed by atoms with Gasteiger partial charge in [-0.25, -0.2) is 9.37 Å². The molecule has 0 bridgehead atoms. The molecule has 0 radical (unpaired) electrons. The number of amides is 1. The summed E-state index contributed by atoms with van der Waals surface area (Å²) in [5.41, 5.74) is 6.43. The number of primary amides is 1. The predicted molar refractivity (Wildman–Crippen MR) is 104 cm³/mol. The molecule has 0 unspecified atom stereocenters. The molecule has 0 saturated carbocycles. The van der Waals surface area contributed by atoms with Gasteiger partial charge in [-0.1, -0.05) is 6.07 Å². The zero-order valence-electron chi connectivity index (χ0n) is 15.8. The first kappa shape index (κ1) is 20.0. The molecular weight excluding hydrogens is 363 g/mol. The largest absolute Gasteiger partial charge is 0.497 e. The van der Waals surface area contributed by atoms with E-state index in [1.165, 1.54) is 13.2 Å². The average molecular weight is 388 g/mol. The number of benzene rings is 1. The first-order valence-electron chi connectivity index (χ1n) is 9.20. The molecule has 3 rings (SSSR count). The van der Waals surface area contributed by atoms with E-state index < -0.39 is 5.91 Å². The highest BCUT2D eigenvalue weighted by Crippen LogP contribution is 2.25. The van der Waals surface area contributed by atoms with Gasteiger partial charge < -0.3 is 20.5 Å². The summed E-state index contributed by atoms with van der Waals surface area (Å²) in [4.78, 5) is 20.2. The van der Waals surface area contributed by atoms with E-state index in [1.54, 1.807) is 30.5 Å². The highest BCUT2D eigenvalue weighted by Gasteiger charge is 2.29. The van der Waals surface area contributed by atoms with Crippen LogP contribution in [-0.2, 0) is 6.54 Å². The monoisotopic (exact) mass is 388 g/mol. The smallest absolute Gasteiger partial charge is 0.252 e. The third-order valence-corrected chi connectivity index (χ3v) is 5.05. The zero-order chi connectivity index (χ0) is 20.1. The second kappa shape index (κ2) is 8.99. The Hall–Kier alpha value is -2.71. The number of rotatable bonds is 7. The van der Waals surface area contributed by atoms with Crippen molar-refractivity contribution in [3.8, 4) is 5.75 Å². The van der Waals surface area contributed by atoms with E-state index in [2.05, 4.69) is 9.88 Å². The lowest BCUT2D eigenvalue weighted by Crippen LogP contribution is -2.53. The Morgan fingerprint density at radius 3 is 2.89 bits per heavy atom. The van der Waals surface area contributed by atoms with Gasteiger partial charge in [-0.05, 0) is 24.6 Å². The maximum Gasteiger partial charge on any atom is 0.252 e. The van der Waals surface area contributed by atoms with E-state index >= 15 is 0 Å². The molecule has 1 amide bonds. The standard InChI is InChI=1S/C20H25FN4O3/c1-28-16-5-4-14(18(21)11-16)12-24-8-9-25(13-15(24)6-10-26)20-17(19(22)27)3-2-7-23-20/h2-5,7,11,15,26H,6,8-10,12-13H2,1H3,(H2,22,27)/t15-/m1/s1. The fourth-order valence-corrected chi connectivity index (χ4v) is 3.56. The van der Waals surface area contributed by atoms with Gasteiger partial charge in [0.25, 0.3) is 5.91 Å². The number of hydrogen-bond donors (Lipinski definition) is 2. The summed E-state index contributed by atoms with van der Waals surface area (Å²) in [6.45, 7) is 2.28. The molecule has 150 valence electrons. The van der Waals surface area contributed by atoms with Crippen LogP contribution in [0.4, 0.5) is 10.2 Å². The maximum atomic E-state index is 14.4. The normalized spacial score (nSPS) is 17.5. The van der Waals surface area contributed by atoms with E-state index in [0.29, 0.717) is 55.3 Å². The maximum absolute atomic E-state index is 14.4. The number of aliphatic hydroxyl groups is 1. The number of anilines is 1. The number of halogens is 1. The molecule has 3 N–H and O–H groups in total. The second-order valence-corrected chi connectivity index (χ2v) is 6.78. The molecule has 1 aliphatic heterocycles. The minimum absolute atomic E-state index is 0.0111. The molecular formula is C20H25FN4O3. The highest BCUT2D eigenvalue weighted by molar-refractivity contribution is 5.97. The Balaban J connectivity index is 1.77. The summed E-state index contributed by atoms with van der Waals surface area (Å²) in [6, 6.07) is 8.16. The fraction of sp³-hybridized carbons (Fsp3) is 0.400. The Kier molecular flexibility index (Phi) is 6.43. The van der Waals surface area contributed by atoms with Gasteiger partial charge >= 0.3 is 0 Å². The Morgan fingerprint density at radius 1 is 1.39 bits per heavy atom. The van der Waals surface area contributed by atoms with Crippen LogP contribution in [0.2, 0.25) is 0 Å². The summed E-state index contributed by atoms with van der Waals surface area (Å²) in [5, 5.41) is 9.50. The topological polar surface area (TPSA) is 91.9 Å². The number of pyridine rings is 1. The molecule has 28 heavy (non-hydrogen) atoms. The fourth-order valence-electron chi connectivity index (χ4n) is 3.56. The van der Waals surface area contributed by atoms with Crippen molar-refractivity contribution in [3.63, 3.8) is 0 Å². The quantitative estimate of drug-likeness (QED) is 0.745. The van der Waals surface area contributed by atoms with E-state index in [4.69, 9.17) is 10.5 Å². The molecule has 2 aromatic rings. The van der Waals surface area contributed by atoms with Crippen LogP contribution < -0.4 is 15.4 Å². The van der Waals surface area contributed by atoms with Gasteiger partial charge in [0.1, 0.15) is 17.4 Å². The zero-order valence-corrected chi connectivity index (χ0v) is 15.8. The summed E-state index contributed by atoms with van der Waals surface area (Å²) in [6.07, 6.45) is 2.16. The van der Waals surface area contributed by atoms with E-state index in [9.17, 15) is 14.3 Å². The third-order valence-electron chi connectivity index (χ3n) is 5.05. The molecule has 1 aliphatic rings. The van der Waals surface area contributed by atoms with Gasteiger partial charge in [0, 0.05) is 56.7 Å². The number of nitrogens with zero attached hydrogens (tertiary/aromatic N) is 3. The molecule has 1 saturated heterocycles. The predicted octanol–water partition coefficient (Wildman–Crippen LogP) is 1.40. The van der Waals surface area contributed by atoms with Crippen LogP contribution in [0.25, 0.3) is 0 Å². The van der Waals surface area contributed by atoms with Crippen molar-refractivity contribution < 1.29 is 19.0 Å². The summed E-state index contributed by atoms with van der Waals surface area (Å²) >= 11 is 0. The Bertz CT molecular complexity index is 833. The highest BCUT2D eigenvalue weighted by atomic mass is 19.1. The van der Waals surface area contributed by atoms with Crippen molar-refractivity contribution in [1.82, 2.24) is 9.88 Å². The van der Waals surface area contributed by atoms with Crippen LogP contribution >= 0.6 is 0 Å². The number of nitrogens with two attached hydrogens (primary N) is 1. The number of aromatic nitrogens is 1. The van der Waals surface area contributed by atoms with E-state index in [-0.39, 0.29) is 18.5 Å². The van der Waals surface area contributed by atoms with Crippen LogP contribution in [0.5, 0.6) is 5.75 Å². The number of piperazine rings is 1. The Labute approximate surface area is 163 Å². The number of ether oxygens (including phenoxy) is 1. The minimum atomic E-state index is -0.524. The Morgan fingerprint density at radius 2 is 2.21 bits per heavy atom. The number of methoxy groups -OCH3 is 1. The molecule has 1 aromatic carbocycles. The molecule has 7 nitrogen and oxygen atoms in total. The van der Waals surface area contributed by atoms with Gasteiger partial charge in [-0.15, -0.1) is 0 Å². The van der Waals surface area contributed by atoms with Crippen LogP contribution in [0.15, 0.2) is 36.5 Å². The van der Waals surface area contributed by atoms with Crippen molar-refractivity contribution in [1.29, 1.82) is 0 Å². The van der Waals surface area contributed by atoms with Crippen molar-refractivity contribution in [3.05, 3.63) is 53.5 Å². The number of hydrogen-bond acceptors (Lipinski definition) is 6. The lowest BCUT2D eigenvalue weighted by Gasteiger charge is -2.42. The minimum Gasteiger partial charge on any atom is -0.497 e. The first-order chi connectivity index (χ1) is 13.5. The summed E-state index contributed by atoms with van der Waals surface area (Å²) < 4.78 is 19.4. The third kappa shape index (κ3) is 4.40. The van der Waals surface area contributed by atoms with E-state index in [1.807, 2.05) is 4.90 Å². The lowest BCUT2D eigenvalue weighted by molar-refractivity contribution is 0.0999. The molecule has 1 atom stereocenters. The molecule has 1 fully saturated rings. The summed E-state index contributed by atoms with van der Waals surface area (Å²) in [5.74, 6) is 0.190. The van der Waals surface area contributed by atoms with Crippen LogP contribution in [0.1, 0.15) is 22.3 Å². The number of carbonyl (C=O) groups is 1. The second-order valence-electron chi connectivity index (χ2n) is 6.78. The van der Waals surface area contributed by atoms with Crippen LogP contribution in [0.3, 0.4) is 0 Å². The lowest BCUT2D eigenvalue weighted by atomic mass is 10.1. The average Bonchev–Trinajstić information content (AvgIpc) is 2.70. The summed E-state index contributed by atoms with van der Waals surface area (Å²) in [7, 11) is 1.50. The van der Waals surface area contributed by atoms with Crippen molar-refractivity contribution >= 4 is 11.7 Å². The molecule has 2 heterocycles. The van der Waals surface area contributed by atoms with Gasteiger partial charge in [0.05, 0.1) is 12.7 Å². The molecule has 1 aromatic heterocycles. The van der Waals surface area contributed by atoms with Gasteiger partial charge in [-0.3, -0.25) is 9.69 Å². The van der Waals surface area contributed by atoms with Gasteiger partial charge in [0.15, 0.2) is 0 Å².